The largest absolute Gasteiger partial charge is 0.480 e. The molecule has 23 heavy (non-hydrogen) atoms. The Kier molecular flexibility index (Phi) is 3.13. The van der Waals surface area contributed by atoms with Gasteiger partial charge in [-0.15, -0.1) is 0 Å². The van der Waals surface area contributed by atoms with E-state index >= 15 is 0 Å². The maximum atomic E-state index is 12.4. The molecule has 2 N–H and O–H groups in total. The molecule has 0 aliphatic carbocycles. The van der Waals surface area contributed by atoms with Gasteiger partial charge in [0.2, 0.25) is 0 Å². The molecule has 0 aromatic heterocycles. The first-order valence-corrected chi connectivity index (χ1v) is 6.98. The number of carboxylic acids is 1. The van der Waals surface area contributed by atoms with E-state index in [2.05, 4.69) is 0 Å². The Morgan fingerprint density at radius 3 is 2.04 bits per heavy atom. The number of aliphatic carboxylic acids is 1. The lowest BCUT2D eigenvalue weighted by molar-refractivity contribution is -0.147. The third-order valence-electron chi connectivity index (χ3n) is 4.50. The lowest BCUT2D eigenvalue weighted by atomic mass is 9.97. The van der Waals surface area contributed by atoms with E-state index in [1.807, 2.05) is 0 Å². The highest BCUT2D eigenvalue weighted by molar-refractivity contribution is 6.21. The second-order valence-electron chi connectivity index (χ2n) is 5.86. The first kappa shape index (κ1) is 15.0. The quantitative estimate of drug-likeness (QED) is 0.782. The Balaban J connectivity index is 1.96. The minimum atomic E-state index is -1.67. The average molecular weight is 318 g/mol. The lowest BCUT2D eigenvalue weighted by Crippen LogP contribution is -2.50. The van der Waals surface area contributed by atoms with Crippen molar-refractivity contribution in [3.63, 3.8) is 0 Å². The zero-order chi connectivity index (χ0) is 16.9. The summed E-state index contributed by atoms with van der Waals surface area (Å²) in [6.07, 6.45) is -1.53. The van der Waals surface area contributed by atoms with Gasteiger partial charge in [-0.3, -0.25) is 19.4 Å². The highest BCUT2D eigenvalue weighted by Crippen LogP contribution is 2.36. The molecular weight excluding hydrogens is 304 g/mol. The van der Waals surface area contributed by atoms with Crippen LogP contribution in [0.1, 0.15) is 34.1 Å². The van der Waals surface area contributed by atoms with Crippen molar-refractivity contribution < 1.29 is 29.4 Å². The first-order valence-electron chi connectivity index (χ1n) is 6.98. The van der Waals surface area contributed by atoms with Crippen LogP contribution >= 0.6 is 0 Å². The van der Waals surface area contributed by atoms with Crippen molar-refractivity contribution in [1.29, 1.82) is 0 Å². The number of imide groups is 1. The minimum absolute atomic E-state index is 0.139. The van der Waals surface area contributed by atoms with Crippen LogP contribution in [-0.2, 0) is 4.79 Å². The molecule has 3 amide bonds. The molecule has 1 aromatic carbocycles. The van der Waals surface area contributed by atoms with E-state index in [0.717, 1.165) is 9.80 Å². The molecule has 2 aliphatic rings. The van der Waals surface area contributed by atoms with Crippen LogP contribution in [0.4, 0.5) is 4.79 Å². The molecular formula is C15H14N2O6. The van der Waals surface area contributed by atoms with Gasteiger partial charge in [0.15, 0.2) is 0 Å². The Labute approximate surface area is 130 Å². The molecule has 2 aliphatic heterocycles. The summed E-state index contributed by atoms with van der Waals surface area (Å²) >= 11 is 0. The van der Waals surface area contributed by atoms with Gasteiger partial charge in [-0.05, 0) is 19.1 Å². The summed E-state index contributed by atoms with van der Waals surface area (Å²) in [5.74, 6) is -2.34. The normalized spacial score (nSPS) is 26.6. The van der Waals surface area contributed by atoms with Crippen LogP contribution in [0.2, 0.25) is 0 Å². The van der Waals surface area contributed by atoms with E-state index in [9.17, 15) is 29.4 Å². The van der Waals surface area contributed by atoms with Gasteiger partial charge in [-0.2, -0.15) is 0 Å². The maximum Gasteiger partial charge on any atom is 0.408 e. The molecule has 8 heteroatoms. The number of hydrogen-bond donors (Lipinski definition) is 2. The zero-order valence-corrected chi connectivity index (χ0v) is 12.2. The number of rotatable bonds is 2. The fraction of sp³-hybridized carbons (Fsp3) is 0.333. The second kappa shape index (κ2) is 4.80. The third-order valence-corrected chi connectivity index (χ3v) is 4.50. The van der Waals surface area contributed by atoms with Gasteiger partial charge in [-0.25, -0.2) is 9.59 Å². The van der Waals surface area contributed by atoms with Crippen molar-refractivity contribution in [2.75, 3.05) is 6.54 Å². The molecule has 1 saturated heterocycles. The van der Waals surface area contributed by atoms with E-state index in [1.54, 1.807) is 12.1 Å². The van der Waals surface area contributed by atoms with E-state index in [1.165, 1.54) is 19.1 Å². The minimum Gasteiger partial charge on any atom is -0.480 e. The monoisotopic (exact) mass is 318 g/mol. The molecule has 1 aromatic rings. The summed E-state index contributed by atoms with van der Waals surface area (Å²) in [6.45, 7) is 1.06. The summed E-state index contributed by atoms with van der Waals surface area (Å²) < 4.78 is 0. The Morgan fingerprint density at radius 2 is 1.65 bits per heavy atom. The van der Waals surface area contributed by atoms with E-state index in [4.69, 9.17) is 0 Å². The van der Waals surface area contributed by atoms with Crippen LogP contribution in [0.3, 0.4) is 0 Å². The number of carboxylic acid groups (broad SMARTS) is 2. The Bertz CT molecular complexity index is 710. The summed E-state index contributed by atoms with van der Waals surface area (Å²) in [5.41, 5.74) is -1.17. The molecule has 1 fully saturated rings. The van der Waals surface area contributed by atoms with Gasteiger partial charge < -0.3 is 10.2 Å². The van der Waals surface area contributed by atoms with Crippen LogP contribution in [0.5, 0.6) is 0 Å². The fourth-order valence-electron chi connectivity index (χ4n) is 3.25. The zero-order valence-electron chi connectivity index (χ0n) is 12.2. The first-order chi connectivity index (χ1) is 10.8. The summed E-state index contributed by atoms with van der Waals surface area (Å²) in [4.78, 5) is 49.5. The van der Waals surface area contributed by atoms with Gasteiger partial charge in [0.1, 0.15) is 5.54 Å². The molecule has 2 atom stereocenters. The van der Waals surface area contributed by atoms with Crippen LogP contribution in [-0.4, -0.2) is 62.0 Å². The molecule has 2 heterocycles. The Hall–Kier alpha value is -2.90. The molecule has 0 bridgehead atoms. The maximum absolute atomic E-state index is 12.4. The predicted octanol–water partition coefficient (Wildman–Crippen LogP) is 0.878. The Morgan fingerprint density at radius 1 is 1.13 bits per heavy atom. The molecule has 0 radical (unpaired) electrons. The van der Waals surface area contributed by atoms with Crippen LogP contribution in [0.25, 0.3) is 0 Å². The number of benzene rings is 1. The number of carbonyl (C=O) groups excluding carboxylic acids is 2. The smallest absolute Gasteiger partial charge is 0.408 e. The average Bonchev–Trinajstić information content (AvgIpc) is 2.97. The summed E-state index contributed by atoms with van der Waals surface area (Å²) in [5, 5.41) is 18.6. The van der Waals surface area contributed by atoms with Gasteiger partial charge in [0.25, 0.3) is 11.8 Å². The highest BCUT2D eigenvalue weighted by Gasteiger charge is 2.54. The van der Waals surface area contributed by atoms with E-state index in [-0.39, 0.29) is 24.1 Å². The van der Waals surface area contributed by atoms with E-state index in [0.29, 0.717) is 0 Å². The predicted molar refractivity (Wildman–Crippen MR) is 76.1 cm³/mol. The van der Waals surface area contributed by atoms with Gasteiger partial charge >= 0.3 is 12.1 Å². The van der Waals surface area contributed by atoms with Gasteiger partial charge in [0, 0.05) is 13.0 Å². The summed E-state index contributed by atoms with van der Waals surface area (Å²) in [6, 6.07) is 5.51. The van der Waals surface area contributed by atoms with E-state index < -0.39 is 35.5 Å². The number of amides is 3. The third kappa shape index (κ3) is 1.98. The standard InChI is InChI=1S/C15H14N2O6/c1-15(13(20)21)6-8(7-16(15)14(22)23)17-11(18)9-4-2-3-5-10(9)12(17)19/h2-5,8H,6-7H2,1H3,(H,20,21)(H,22,23). The fourth-order valence-corrected chi connectivity index (χ4v) is 3.25. The number of hydrogen-bond acceptors (Lipinski definition) is 4. The summed E-state index contributed by atoms with van der Waals surface area (Å²) in [7, 11) is 0. The topological polar surface area (TPSA) is 115 Å². The van der Waals surface area contributed by atoms with Crippen molar-refractivity contribution in [1.82, 2.24) is 9.80 Å². The number of carbonyl (C=O) groups is 4. The highest BCUT2D eigenvalue weighted by atomic mass is 16.4. The molecule has 0 saturated carbocycles. The molecule has 3 rings (SSSR count). The van der Waals surface area contributed by atoms with Gasteiger partial charge in [-0.1, -0.05) is 12.1 Å². The number of fused-ring (bicyclic) bond motifs is 1. The van der Waals surface area contributed by atoms with Crippen molar-refractivity contribution in [2.45, 2.75) is 24.9 Å². The molecule has 120 valence electrons. The van der Waals surface area contributed by atoms with Crippen molar-refractivity contribution >= 4 is 23.9 Å². The lowest BCUT2D eigenvalue weighted by Gasteiger charge is -2.27. The van der Waals surface area contributed by atoms with Crippen LogP contribution < -0.4 is 0 Å². The second-order valence-corrected chi connectivity index (χ2v) is 5.86. The van der Waals surface area contributed by atoms with Crippen LogP contribution in [0, 0.1) is 0 Å². The molecule has 2 unspecified atom stereocenters. The van der Waals surface area contributed by atoms with Crippen molar-refractivity contribution in [2.24, 2.45) is 0 Å². The van der Waals surface area contributed by atoms with Gasteiger partial charge in [0.05, 0.1) is 17.2 Å². The van der Waals surface area contributed by atoms with Crippen molar-refractivity contribution in [3.05, 3.63) is 35.4 Å². The van der Waals surface area contributed by atoms with Crippen LogP contribution in [0.15, 0.2) is 24.3 Å². The van der Waals surface area contributed by atoms with Crippen molar-refractivity contribution in [3.8, 4) is 0 Å². The number of nitrogens with zero attached hydrogens (tertiary/aromatic N) is 2. The molecule has 0 spiro atoms. The molecule has 8 nitrogen and oxygen atoms in total. The number of likely N-dealkylation sites (tertiary alicyclic amines) is 1. The SMILES string of the molecule is CC1(C(=O)O)CC(N2C(=O)c3ccccc3C2=O)CN1C(=O)O.